The van der Waals surface area contributed by atoms with E-state index in [0.29, 0.717) is 0 Å². The van der Waals surface area contributed by atoms with Crippen LogP contribution in [0.4, 0.5) is 0 Å². The molecule has 3 nitrogen and oxygen atoms in total. The van der Waals surface area contributed by atoms with Gasteiger partial charge in [-0.05, 0) is 74.4 Å². The minimum Gasteiger partial charge on any atom is -0.379 e. The molecule has 0 aliphatic carbocycles. The molecule has 2 aromatic rings. The van der Waals surface area contributed by atoms with Gasteiger partial charge < -0.3 is 14.6 Å². The Kier molecular flexibility index (Phi) is 3.71. The van der Waals surface area contributed by atoms with Crippen LogP contribution in [0.3, 0.4) is 0 Å². The van der Waals surface area contributed by atoms with Crippen LogP contribution in [0, 0.1) is 5.92 Å². The van der Waals surface area contributed by atoms with Gasteiger partial charge in [0.05, 0.1) is 5.69 Å². The zero-order valence-electron chi connectivity index (χ0n) is 13.2. The third kappa shape index (κ3) is 2.40. The molecule has 0 saturated carbocycles. The first-order valence-corrected chi connectivity index (χ1v) is 8.95. The highest BCUT2D eigenvalue weighted by atomic mass is 79.9. The van der Waals surface area contributed by atoms with E-state index in [9.17, 15) is 5.11 Å². The van der Waals surface area contributed by atoms with Gasteiger partial charge >= 0.3 is 0 Å². The lowest BCUT2D eigenvalue weighted by molar-refractivity contribution is -0.0151. The van der Waals surface area contributed by atoms with Gasteiger partial charge in [-0.2, -0.15) is 0 Å². The summed E-state index contributed by atoms with van der Waals surface area (Å²) in [6, 6.07) is 10.3. The summed E-state index contributed by atoms with van der Waals surface area (Å²) in [6.45, 7) is 2.06. The molecule has 120 valence electrons. The van der Waals surface area contributed by atoms with E-state index in [1.165, 1.54) is 0 Å². The van der Waals surface area contributed by atoms with Gasteiger partial charge in [-0.3, -0.25) is 0 Å². The molecule has 23 heavy (non-hydrogen) atoms. The molecular formula is C19H21BrN2O. The Morgan fingerprint density at radius 2 is 2.00 bits per heavy atom. The molecule has 0 spiro atoms. The van der Waals surface area contributed by atoms with E-state index in [1.807, 2.05) is 18.3 Å². The van der Waals surface area contributed by atoms with Crippen LogP contribution in [0.2, 0.25) is 0 Å². The number of halogens is 1. The summed E-state index contributed by atoms with van der Waals surface area (Å²) in [4.78, 5) is 2.34. The largest absolute Gasteiger partial charge is 0.379 e. The van der Waals surface area contributed by atoms with Crippen molar-refractivity contribution in [3.05, 3.63) is 57.8 Å². The van der Waals surface area contributed by atoms with E-state index >= 15 is 0 Å². The van der Waals surface area contributed by atoms with E-state index in [0.717, 1.165) is 47.2 Å². The van der Waals surface area contributed by atoms with Crippen LogP contribution in [0.5, 0.6) is 0 Å². The van der Waals surface area contributed by atoms with Crippen molar-refractivity contribution in [2.75, 3.05) is 20.1 Å². The molecule has 0 bridgehead atoms. The number of aromatic nitrogens is 1. The maximum atomic E-state index is 12.0. The zero-order valence-corrected chi connectivity index (χ0v) is 14.8. The van der Waals surface area contributed by atoms with Crippen LogP contribution in [0.1, 0.15) is 29.7 Å². The van der Waals surface area contributed by atoms with Crippen molar-refractivity contribution in [1.82, 2.24) is 9.47 Å². The summed E-state index contributed by atoms with van der Waals surface area (Å²) in [5.74, 6) is 0.222. The van der Waals surface area contributed by atoms with Crippen LogP contribution in [-0.4, -0.2) is 34.7 Å². The minimum absolute atomic E-state index is 0.222. The van der Waals surface area contributed by atoms with Crippen LogP contribution in [0.25, 0.3) is 12.3 Å². The monoisotopic (exact) mass is 372 g/mol. The fraction of sp³-hybridized carbons (Fsp3) is 0.368. The second-order valence-electron chi connectivity index (χ2n) is 6.69. The maximum Gasteiger partial charge on any atom is 0.133 e. The van der Waals surface area contributed by atoms with Gasteiger partial charge in [0.2, 0.25) is 0 Å². The highest BCUT2D eigenvalue weighted by Crippen LogP contribution is 2.45. The van der Waals surface area contributed by atoms with Crippen LogP contribution < -0.4 is 0 Å². The number of nitrogens with zero attached hydrogens (tertiary/aromatic N) is 2. The van der Waals surface area contributed by atoms with Gasteiger partial charge in [0.25, 0.3) is 0 Å². The molecule has 1 saturated heterocycles. The Morgan fingerprint density at radius 3 is 2.78 bits per heavy atom. The van der Waals surface area contributed by atoms with Gasteiger partial charge in [0.15, 0.2) is 0 Å². The van der Waals surface area contributed by atoms with Crippen molar-refractivity contribution in [3.8, 4) is 0 Å². The average molecular weight is 373 g/mol. The third-order valence-corrected chi connectivity index (χ3v) is 5.81. The Balaban J connectivity index is 1.91. The number of hydrogen-bond acceptors (Lipinski definition) is 2. The molecule has 4 heteroatoms. The fourth-order valence-electron chi connectivity index (χ4n) is 4.01. The molecule has 1 aromatic carbocycles. The fourth-order valence-corrected chi connectivity index (χ4v) is 4.37. The Morgan fingerprint density at radius 1 is 1.22 bits per heavy atom. The first-order valence-electron chi connectivity index (χ1n) is 8.15. The second kappa shape index (κ2) is 5.62. The molecule has 1 N–H and O–H groups in total. The number of piperidine rings is 1. The smallest absolute Gasteiger partial charge is 0.133 e. The van der Waals surface area contributed by atoms with E-state index in [2.05, 4.69) is 62.9 Å². The van der Waals surface area contributed by atoms with E-state index in [1.54, 1.807) is 0 Å². The number of hydrogen-bond donors (Lipinski definition) is 1. The molecule has 2 aliphatic heterocycles. The summed E-state index contributed by atoms with van der Waals surface area (Å²) in [5, 5.41) is 12.0. The van der Waals surface area contributed by atoms with Crippen LogP contribution >= 0.6 is 15.9 Å². The summed E-state index contributed by atoms with van der Waals surface area (Å²) < 4.78 is 3.07. The number of rotatable bonds is 1. The highest BCUT2D eigenvalue weighted by molar-refractivity contribution is 9.10. The van der Waals surface area contributed by atoms with E-state index in [-0.39, 0.29) is 5.92 Å². The van der Waals surface area contributed by atoms with Crippen molar-refractivity contribution in [2.24, 2.45) is 5.92 Å². The molecule has 0 radical (unpaired) electrons. The zero-order chi connectivity index (χ0) is 16.0. The average Bonchev–Trinajstić information content (AvgIpc) is 2.99. The Labute approximate surface area is 145 Å². The lowest BCUT2D eigenvalue weighted by atomic mass is 9.73. The minimum atomic E-state index is -0.951. The lowest BCUT2D eigenvalue weighted by Gasteiger charge is -2.41. The normalized spacial score (nSPS) is 25.0. The summed E-state index contributed by atoms with van der Waals surface area (Å²) in [7, 11) is 2.15. The van der Waals surface area contributed by atoms with E-state index < -0.39 is 5.60 Å². The number of aliphatic hydroxyl groups is 1. The third-order valence-electron chi connectivity index (χ3n) is 5.32. The molecule has 1 atom stereocenters. The van der Waals surface area contributed by atoms with Crippen molar-refractivity contribution in [1.29, 1.82) is 0 Å². The van der Waals surface area contributed by atoms with Gasteiger partial charge in [0, 0.05) is 22.8 Å². The first-order chi connectivity index (χ1) is 11.1. The topological polar surface area (TPSA) is 28.4 Å². The summed E-state index contributed by atoms with van der Waals surface area (Å²) >= 11 is 3.58. The number of benzene rings is 1. The van der Waals surface area contributed by atoms with Crippen molar-refractivity contribution < 1.29 is 5.11 Å². The predicted molar refractivity (Wildman–Crippen MR) is 97.0 cm³/mol. The first kappa shape index (κ1) is 15.2. The van der Waals surface area contributed by atoms with Gasteiger partial charge in [-0.15, -0.1) is 0 Å². The van der Waals surface area contributed by atoms with E-state index in [4.69, 9.17) is 0 Å². The Bertz CT molecular complexity index is 758. The lowest BCUT2D eigenvalue weighted by Crippen LogP contribution is -2.44. The molecule has 3 heterocycles. The van der Waals surface area contributed by atoms with Gasteiger partial charge in [-0.25, -0.2) is 0 Å². The van der Waals surface area contributed by atoms with Crippen molar-refractivity contribution in [2.45, 2.75) is 18.4 Å². The summed E-state index contributed by atoms with van der Waals surface area (Å²) in [6.07, 6.45) is 8.17. The van der Waals surface area contributed by atoms with Gasteiger partial charge in [0.1, 0.15) is 5.60 Å². The van der Waals surface area contributed by atoms with Crippen molar-refractivity contribution in [3.63, 3.8) is 0 Å². The molecule has 1 aromatic heterocycles. The van der Waals surface area contributed by atoms with Gasteiger partial charge in [-0.1, -0.05) is 22.0 Å². The second-order valence-corrected chi connectivity index (χ2v) is 7.61. The molecular weight excluding hydrogens is 352 g/mol. The van der Waals surface area contributed by atoms with Crippen LogP contribution in [-0.2, 0) is 5.60 Å². The molecule has 1 fully saturated rings. The van der Waals surface area contributed by atoms with Crippen LogP contribution in [0.15, 0.2) is 41.0 Å². The number of fused-ring (bicyclic) bond motifs is 2. The SMILES string of the molecule is CN1CCC(C2(O)c3cc(Br)ccc3C=Cn3cccc32)CC1. The molecule has 1 unspecified atom stereocenters. The molecule has 4 rings (SSSR count). The van der Waals surface area contributed by atoms with Crippen molar-refractivity contribution >= 4 is 28.2 Å². The molecule has 2 aliphatic rings. The standard InChI is InChI=1S/C19H21BrN2O/c1-21-10-7-15(8-11-21)19(23)17-13-16(20)5-4-14(17)6-12-22-9-2-3-18(19)22/h2-6,9,12-13,15,23H,7-8,10-11H2,1H3. The maximum absolute atomic E-state index is 12.0. The highest BCUT2D eigenvalue weighted by Gasteiger charge is 2.44. The summed E-state index contributed by atoms with van der Waals surface area (Å²) in [5.41, 5.74) is 2.13. The quantitative estimate of drug-likeness (QED) is 0.825. The Hall–Kier alpha value is -1.36. The molecule has 0 amide bonds. The predicted octanol–water partition coefficient (Wildman–Crippen LogP) is 3.77. The number of likely N-dealkylation sites (tertiary alicyclic amines) is 1.